The summed E-state index contributed by atoms with van der Waals surface area (Å²) >= 11 is 0. The van der Waals surface area contributed by atoms with Crippen LogP contribution in [0.15, 0.2) is 42.5 Å². The summed E-state index contributed by atoms with van der Waals surface area (Å²) in [6.45, 7) is 2.73. The fourth-order valence-electron chi connectivity index (χ4n) is 4.75. The van der Waals surface area contributed by atoms with Crippen LogP contribution in [0.4, 0.5) is 0 Å². The highest BCUT2D eigenvalue weighted by Gasteiger charge is 2.36. The molecule has 2 atom stereocenters. The molecule has 1 saturated heterocycles. The van der Waals surface area contributed by atoms with Gasteiger partial charge in [0.1, 0.15) is 0 Å². The lowest BCUT2D eigenvalue weighted by molar-refractivity contribution is -0.137. The van der Waals surface area contributed by atoms with Gasteiger partial charge in [0.25, 0.3) is 0 Å². The minimum atomic E-state index is -0.287. The van der Waals surface area contributed by atoms with Crippen molar-refractivity contribution in [2.45, 2.75) is 18.5 Å². The van der Waals surface area contributed by atoms with Gasteiger partial charge >= 0.3 is 0 Å². The molecule has 0 aliphatic carbocycles. The Balaban J connectivity index is 1.42. The number of ether oxygens (including phenoxy) is 3. The quantitative estimate of drug-likeness (QED) is 0.685. The normalized spacial score (nSPS) is 22.9. The second-order valence-electron chi connectivity index (χ2n) is 7.97. The van der Waals surface area contributed by atoms with Gasteiger partial charge in [-0.05, 0) is 35.7 Å². The molecule has 2 N–H and O–H groups in total. The second-order valence-corrected chi connectivity index (χ2v) is 7.97. The number of nitrogens with one attached hydrogen (secondary N) is 2. The maximum absolute atomic E-state index is 13.3. The molecule has 0 radical (unpaired) electrons. The molecular formula is C23H23N3O4. The highest BCUT2D eigenvalue weighted by molar-refractivity contribution is 5.88. The number of fused-ring (bicyclic) bond motifs is 4. The predicted octanol–water partition coefficient (Wildman–Crippen LogP) is 2.36. The SMILES string of the molecule is O=C([C@H]1Cc2c([nH]c3ccccc23)[C@@H](c2ccc3c(c2)OCO3)N1)N1CCOCC1. The molecule has 0 bridgehead atoms. The summed E-state index contributed by atoms with van der Waals surface area (Å²) in [7, 11) is 0. The molecule has 0 saturated carbocycles. The molecule has 4 heterocycles. The Labute approximate surface area is 173 Å². The van der Waals surface area contributed by atoms with E-state index in [1.54, 1.807) is 0 Å². The second kappa shape index (κ2) is 7.04. The van der Waals surface area contributed by atoms with E-state index in [-0.39, 0.29) is 24.8 Å². The van der Waals surface area contributed by atoms with E-state index in [1.807, 2.05) is 35.2 Å². The van der Waals surface area contributed by atoms with Gasteiger partial charge < -0.3 is 24.1 Å². The zero-order valence-corrected chi connectivity index (χ0v) is 16.5. The van der Waals surface area contributed by atoms with Crippen molar-refractivity contribution in [2.24, 2.45) is 0 Å². The standard InChI is InChI=1S/C23H23N3O4/c27-23(26-7-9-28-10-8-26)18-12-16-15-3-1-2-4-17(15)24-22(16)21(25-18)14-5-6-19-20(11-14)30-13-29-19/h1-6,11,18,21,24-25H,7-10,12-13H2/t18-,21-/m1/s1. The highest BCUT2D eigenvalue weighted by atomic mass is 16.7. The van der Waals surface area contributed by atoms with E-state index in [2.05, 4.69) is 22.4 Å². The van der Waals surface area contributed by atoms with Gasteiger partial charge in [0, 0.05) is 29.7 Å². The number of rotatable bonds is 2. The first-order valence-corrected chi connectivity index (χ1v) is 10.4. The van der Waals surface area contributed by atoms with Crippen LogP contribution in [0.2, 0.25) is 0 Å². The van der Waals surface area contributed by atoms with E-state index in [4.69, 9.17) is 14.2 Å². The first-order chi connectivity index (χ1) is 14.8. The lowest BCUT2D eigenvalue weighted by atomic mass is 9.89. The van der Waals surface area contributed by atoms with Crippen LogP contribution in [0, 0.1) is 0 Å². The Kier molecular flexibility index (Phi) is 4.17. The van der Waals surface area contributed by atoms with E-state index in [9.17, 15) is 4.79 Å². The van der Waals surface area contributed by atoms with Crippen molar-refractivity contribution in [3.63, 3.8) is 0 Å². The maximum Gasteiger partial charge on any atom is 0.240 e. The number of aromatic amines is 1. The van der Waals surface area contributed by atoms with Gasteiger partial charge in [0.2, 0.25) is 12.7 Å². The number of amides is 1. The number of aromatic nitrogens is 1. The number of H-pyrrole nitrogens is 1. The average molecular weight is 405 g/mol. The molecule has 0 spiro atoms. The van der Waals surface area contributed by atoms with Crippen LogP contribution in [0.5, 0.6) is 11.5 Å². The maximum atomic E-state index is 13.3. The minimum absolute atomic E-state index is 0.134. The van der Waals surface area contributed by atoms with Crippen molar-refractivity contribution >= 4 is 16.8 Å². The van der Waals surface area contributed by atoms with Crippen molar-refractivity contribution < 1.29 is 19.0 Å². The predicted molar refractivity (Wildman–Crippen MR) is 111 cm³/mol. The number of benzene rings is 2. The van der Waals surface area contributed by atoms with E-state index in [0.717, 1.165) is 28.3 Å². The Morgan fingerprint density at radius 2 is 1.87 bits per heavy atom. The van der Waals surface area contributed by atoms with Gasteiger partial charge in [-0.3, -0.25) is 10.1 Å². The summed E-state index contributed by atoms with van der Waals surface area (Å²) < 4.78 is 16.5. The third kappa shape index (κ3) is 2.85. The van der Waals surface area contributed by atoms with Crippen LogP contribution in [0.25, 0.3) is 10.9 Å². The first-order valence-electron chi connectivity index (χ1n) is 10.4. The minimum Gasteiger partial charge on any atom is -0.454 e. The summed E-state index contributed by atoms with van der Waals surface area (Å²) in [6.07, 6.45) is 0.663. The lowest BCUT2D eigenvalue weighted by Gasteiger charge is -2.35. The van der Waals surface area contributed by atoms with E-state index >= 15 is 0 Å². The van der Waals surface area contributed by atoms with Crippen LogP contribution in [-0.4, -0.2) is 54.9 Å². The summed E-state index contributed by atoms with van der Waals surface area (Å²) in [5.41, 5.74) is 4.46. The van der Waals surface area contributed by atoms with Crippen LogP contribution in [0.1, 0.15) is 22.9 Å². The van der Waals surface area contributed by atoms with Gasteiger partial charge in [-0.25, -0.2) is 0 Å². The molecule has 6 rings (SSSR count). The largest absolute Gasteiger partial charge is 0.454 e. The molecule has 1 amide bonds. The van der Waals surface area contributed by atoms with E-state index < -0.39 is 0 Å². The third-order valence-electron chi connectivity index (χ3n) is 6.26. The Morgan fingerprint density at radius 3 is 2.77 bits per heavy atom. The molecule has 1 fully saturated rings. The summed E-state index contributed by atoms with van der Waals surface area (Å²) in [5.74, 6) is 1.64. The van der Waals surface area contributed by atoms with Gasteiger partial charge in [-0.1, -0.05) is 24.3 Å². The Hall–Kier alpha value is -3.03. The zero-order chi connectivity index (χ0) is 20.1. The zero-order valence-electron chi connectivity index (χ0n) is 16.5. The van der Waals surface area contributed by atoms with Gasteiger partial charge in [0.15, 0.2) is 11.5 Å². The van der Waals surface area contributed by atoms with Crippen LogP contribution >= 0.6 is 0 Å². The molecule has 30 heavy (non-hydrogen) atoms. The third-order valence-corrected chi connectivity index (χ3v) is 6.26. The summed E-state index contributed by atoms with van der Waals surface area (Å²) in [6, 6.07) is 13.9. The monoisotopic (exact) mass is 405 g/mol. The first kappa shape index (κ1) is 17.8. The number of morpholine rings is 1. The molecule has 3 aliphatic heterocycles. The van der Waals surface area contributed by atoms with Gasteiger partial charge in [0.05, 0.1) is 25.3 Å². The summed E-state index contributed by atoms with van der Waals surface area (Å²) in [5, 5.41) is 4.80. The van der Waals surface area contributed by atoms with E-state index in [0.29, 0.717) is 32.7 Å². The van der Waals surface area contributed by atoms with Crippen LogP contribution in [-0.2, 0) is 16.0 Å². The fraction of sp³-hybridized carbons (Fsp3) is 0.348. The highest BCUT2D eigenvalue weighted by Crippen LogP contribution is 2.39. The molecule has 3 aromatic rings. The topological polar surface area (TPSA) is 75.8 Å². The molecule has 2 aromatic carbocycles. The fourth-order valence-corrected chi connectivity index (χ4v) is 4.75. The van der Waals surface area contributed by atoms with Crippen molar-refractivity contribution in [1.82, 2.24) is 15.2 Å². The molecular weight excluding hydrogens is 382 g/mol. The van der Waals surface area contributed by atoms with Gasteiger partial charge in [-0.15, -0.1) is 0 Å². The molecule has 154 valence electrons. The number of nitrogens with zero attached hydrogens (tertiary/aromatic N) is 1. The number of hydrogen-bond donors (Lipinski definition) is 2. The number of carbonyl (C=O) groups is 1. The van der Waals surface area contributed by atoms with Crippen LogP contribution in [0.3, 0.4) is 0 Å². The van der Waals surface area contributed by atoms with Gasteiger partial charge in [-0.2, -0.15) is 0 Å². The number of carbonyl (C=O) groups excluding carboxylic acids is 1. The van der Waals surface area contributed by atoms with Crippen molar-refractivity contribution in [3.05, 3.63) is 59.3 Å². The Bertz CT molecular complexity index is 1120. The lowest BCUT2D eigenvalue weighted by Crippen LogP contribution is -2.53. The molecule has 7 nitrogen and oxygen atoms in total. The van der Waals surface area contributed by atoms with Crippen molar-refractivity contribution in [3.8, 4) is 11.5 Å². The molecule has 3 aliphatic rings. The van der Waals surface area contributed by atoms with Crippen molar-refractivity contribution in [2.75, 3.05) is 33.1 Å². The molecule has 0 unspecified atom stereocenters. The smallest absolute Gasteiger partial charge is 0.240 e. The number of hydrogen-bond acceptors (Lipinski definition) is 5. The Morgan fingerprint density at radius 1 is 1.03 bits per heavy atom. The average Bonchev–Trinajstić information content (AvgIpc) is 3.42. The van der Waals surface area contributed by atoms with Crippen molar-refractivity contribution in [1.29, 1.82) is 0 Å². The molecule has 1 aromatic heterocycles. The van der Waals surface area contributed by atoms with Crippen LogP contribution < -0.4 is 14.8 Å². The van der Waals surface area contributed by atoms with E-state index in [1.165, 1.54) is 10.9 Å². The number of para-hydroxylation sites is 1. The summed E-state index contributed by atoms with van der Waals surface area (Å²) in [4.78, 5) is 18.8. The molecule has 7 heteroatoms.